The van der Waals surface area contributed by atoms with E-state index in [1.807, 2.05) is 31.2 Å². The molecule has 0 aliphatic carbocycles. The molecule has 0 saturated carbocycles. The number of rotatable bonds is 5. The van der Waals surface area contributed by atoms with Crippen LogP contribution in [0.5, 0.6) is 5.75 Å². The van der Waals surface area contributed by atoms with Crippen molar-refractivity contribution in [3.05, 3.63) is 29.3 Å². The molecule has 0 radical (unpaired) electrons. The highest BCUT2D eigenvalue weighted by atomic mass is 35.5. The van der Waals surface area contributed by atoms with Crippen LogP contribution in [0, 0.1) is 0 Å². The van der Waals surface area contributed by atoms with E-state index < -0.39 is 0 Å². The van der Waals surface area contributed by atoms with Crippen LogP contribution in [0.4, 0.5) is 0 Å². The number of halogens is 1. The number of ether oxygens (including phenoxy) is 1. The SMILES string of the molecule is CC(CCCN)Oc1ccccc1Cl. The van der Waals surface area contributed by atoms with E-state index in [9.17, 15) is 0 Å². The van der Waals surface area contributed by atoms with Gasteiger partial charge in [0.1, 0.15) is 5.75 Å². The van der Waals surface area contributed by atoms with Crippen LogP contribution in [-0.4, -0.2) is 12.6 Å². The van der Waals surface area contributed by atoms with Gasteiger partial charge in [0.15, 0.2) is 0 Å². The molecule has 0 aliphatic rings. The summed E-state index contributed by atoms with van der Waals surface area (Å²) >= 11 is 5.95. The fourth-order valence-corrected chi connectivity index (χ4v) is 1.40. The largest absolute Gasteiger partial charge is 0.489 e. The Morgan fingerprint density at radius 3 is 2.79 bits per heavy atom. The highest BCUT2D eigenvalue weighted by Gasteiger charge is 2.05. The van der Waals surface area contributed by atoms with Crippen molar-refractivity contribution in [1.82, 2.24) is 0 Å². The van der Waals surface area contributed by atoms with Gasteiger partial charge in [-0.1, -0.05) is 23.7 Å². The molecule has 1 aromatic rings. The predicted molar refractivity (Wildman–Crippen MR) is 59.8 cm³/mol. The lowest BCUT2D eigenvalue weighted by atomic mass is 10.2. The number of benzene rings is 1. The van der Waals surface area contributed by atoms with E-state index in [0.29, 0.717) is 11.6 Å². The van der Waals surface area contributed by atoms with Crippen LogP contribution in [0.2, 0.25) is 5.02 Å². The van der Waals surface area contributed by atoms with Gasteiger partial charge in [0.25, 0.3) is 0 Å². The number of para-hydroxylation sites is 1. The molecule has 2 nitrogen and oxygen atoms in total. The van der Waals surface area contributed by atoms with E-state index in [0.717, 1.165) is 18.6 Å². The zero-order valence-corrected chi connectivity index (χ0v) is 9.13. The van der Waals surface area contributed by atoms with Crippen LogP contribution in [0.3, 0.4) is 0 Å². The van der Waals surface area contributed by atoms with E-state index in [2.05, 4.69) is 0 Å². The Kier molecular flexibility index (Phi) is 4.77. The molecule has 14 heavy (non-hydrogen) atoms. The third-order valence-corrected chi connectivity index (χ3v) is 2.29. The molecule has 1 unspecified atom stereocenters. The van der Waals surface area contributed by atoms with Crippen LogP contribution in [0.15, 0.2) is 24.3 Å². The maximum Gasteiger partial charge on any atom is 0.138 e. The van der Waals surface area contributed by atoms with Gasteiger partial charge in [-0.25, -0.2) is 0 Å². The van der Waals surface area contributed by atoms with Gasteiger partial charge in [0.05, 0.1) is 11.1 Å². The summed E-state index contributed by atoms with van der Waals surface area (Å²) in [5, 5.41) is 0.659. The van der Waals surface area contributed by atoms with Crippen LogP contribution in [0.25, 0.3) is 0 Å². The number of hydrogen-bond acceptors (Lipinski definition) is 2. The van der Waals surface area contributed by atoms with Gasteiger partial charge in [0, 0.05) is 0 Å². The Balaban J connectivity index is 2.47. The zero-order chi connectivity index (χ0) is 10.4. The second kappa shape index (κ2) is 5.89. The maximum absolute atomic E-state index is 5.95. The quantitative estimate of drug-likeness (QED) is 0.817. The Morgan fingerprint density at radius 2 is 2.14 bits per heavy atom. The van der Waals surface area contributed by atoms with Gasteiger partial charge in [-0.05, 0) is 38.4 Å². The fraction of sp³-hybridized carbons (Fsp3) is 0.455. The lowest BCUT2D eigenvalue weighted by molar-refractivity contribution is 0.209. The third-order valence-electron chi connectivity index (χ3n) is 1.98. The molecule has 78 valence electrons. The minimum Gasteiger partial charge on any atom is -0.489 e. The molecule has 0 bridgehead atoms. The summed E-state index contributed by atoms with van der Waals surface area (Å²) in [5.74, 6) is 0.749. The molecule has 1 aromatic carbocycles. The summed E-state index contributed by atoms with van der Waals surface area (Å²) in [6, 6.07) is 7.50. The number of nitrogens with two attached hydrogens (primary N) is 1. The van der Waals surface area contributed by atoms with Crippen LogP contribution in [-0.2, 0) is 0 Å². The van der Waals surface area contributed by atoms with Crippen molar-refractivity contribution in [2.24, 2.45) is 5.73 Å². The molecule has 0 fully saturated rings. The van der Waals surface area contributed by atoms with Crippen molar-refractivity contribution in [1.29, 1.82) is 0 Å². The van der Waals surface area contributed by atoms with Crippen molar-refractivity contribution < 1.29 is 4.74 Å². The molecule has 0 aromatic heterocycles. The van der Waals surface area contributed by atoms with Gasteiger partial charge in [0.2, 0.25) is 0 Å². The highest BCUT2D eigenvalue weighted by Crippen LogP contribution is 2.24. The van der Waals surface area contributed by atoms with E-state index in [4.69, 9.17) is 22.1 Å². The molecule has 0 spiro atoms. The second-order valence-electron chi connectivity index (χ2n) is 3.29. The Hall–Kier alpha value is -0.730. The topological polar surface area (TPSA) is 35.2 Å². The van der Waals surface area contributed by atoms with Crippen molar-refractivity contribution in [3.8, 4) is 5.75 Å². The smallest absolute Gasteiger partial charge is 0.138 e. The van der Waals surface area contributed by atoms with Crippen LogP contribution >= 0.6 is 11.6 Å². The Morgan fingerprint density at radius 1 is 1.43 bits per heavy atom. The van der Waals surface area contributed by atoms with Gasteiger partial charge in [-0.2, -0.15) is 0 Å². The maximum atomic E-state index is 5.95. The van der Waals surface area contributed by atoms with E-state index in [1.54, 1.807) is 0 Å². The first kappa shape index (κ1) is 11.3. The fourth-order valence-electron chi connectivity index (χ4n) is 1.22. The van der Waals surface area contributed by atoms with Crippen LogP contribution < -0.4 is 10.5 Å². The van der Waals surface area contributed by atoms with Gasteiger partial charge < -0.3 is 10.5 Å². The minimum atomic E-state index is 0.165. The monoisotopic (exact) mass is 213 g/mol. The summed E-state index contributed by atoms with van der Waals surface area (Å²) < 4.78 is 5.66. The average Bonchev–Trinajstić information content (AvgIpc) is 2.18. The van der Waals surface area contributed by atoms with Gasteiger partial charge in [-0.15, -0.1) is 0 Å². The number of hydrogen-bond donors (Lipinski definition) is 1. The first-order valence-electron chi connectivity index (χ1n) is 4.85. The van der Waals surface area contributed by atoms with Crippen molar-refractivity contribution >= 4 is 11.6 Å². The summed E-state index contributed by atoms with van der Waals surface area (Å²) in [6.45, 7) is 2.73. The third kappa shape index (κ3) is 3.56. The predicted octanol–water partition coefficient (Wildman–Crippen LogP) is 2.85. The molecule has 0 saturated heterocycles. The molecule has 0 heterocycles. The summed E-state index contributed by atoms with van der Waals surface area (Å²) in [4.78, 5) is 0. The van der Waals surface area contributed by atoms with Crippen molar-refractivity contribution in [3.63, 3.8) is 0 Å². The van der Waals surface area contributed by atoms with E-state index in [1.165, 1.54) is 0 Å². The Bertz CT molecular complexity index is 278. The second-order valence-corrected chi connectivity index (χ2v) is 3.70. The molecule has 0 aliphatic heterocycles. The molecule has 0 amide bonds. The minimum absolute atomic E-state index is 0.165. The molecular weight excluding hydrogens is 198 g/mol. The summed E-state index contributed by atoms with van der Waals surface area (Å²) in [6.07, 6.45) is 2.10. The molecule has 1 atom stereocenters. The lowest BCUT2D eigenvalue weighted by Gasteiger charge is -2.14. The lowest BCUT2D eigenvalue weighted by Crippen LogP contribution is -2.14. The van der Waals surface area contributed by atoms with Crippen LogP contribution in [0.1, 0.15) is 19.8 Å². The molecular formula is C11H16ClNO. The molecule has 3 heteroatoms. The average molecular weight is 214 g/mol. The van der Waals surface area contributed by atoms with E-state index >= 15 is 0 Å². The first-order chi connectivity index (χ1) is 6.74. The van der Waals surface area contributed by atoms with Gasteiger partial charge >= 0.3 is 0 Å². The van der Waals surface area contributed by atoms with Crippen molar-refractivity contribution in [2.75, 3.05) is 6.54 Å². The highest BCUT2D eigenvalue weighted by molar-refractivity contribution is 6.32. The first-order valence-corrected chi connectivity index (χ1v) is 5.23. The van der Waals surface area contributed by atoms with Gasteiger partial charge in [-0.3, -0.25) is 0 Å². The zero-order valence-electron chi connectivity index (χ0n) is 8.37. The standard InChI is InChI=1S/C11H16ClNO/c1-9(5-4-8-13)14-11-7-3-2-6-10(11)12/h2-3,6-7,9H,4-5,8,13H2,1H3. The summed E-state index contributed by atoms with van der Waals surface area (Å²) in [7, 11) is 0. The van der Waals surface area contributed by atoms with Crippen molar-refractivity contribution in [2.45, 2.75) is 25.9 Å². The molecule has 2 N–H and O–H groups in total. The van der Waals surface area contributed by atoms with E-state index in [-0.39, 0.29) is 6.10 Å². The normalized spacial score (nSPS) is 12.5. The Labute approximate surface area is 90.0 Å². The summed E-state index contributed by atoms with van der Waals surface area (Å²) in [5.41, 5.74) is 5.42. The molecule has 1 rings (SSSR count).